The number of carbonyl (C=O) groups excluding carboxylic acids is 6. The SMILES string of the molecule is COc1cc2c(cc1OCc1cc(COc3cc4c(cc3C)C(=O)N3c5ccccc5C[C@H]3C=N4)cc(NC(=O)[C@H](C)NC(=O)[C@H](C)NC(=O)CCCCC(C)=O)c1)CC[C@@H]1Cc3ccccc3N1C2=O. The molecule has 4 atom stereocenters. The zero-order valence-electron chi connectivity index (χ0n) is 40.6. The topological polar surface area (TPSA) is 185 Å². The molecule has 0 fully saturated rings. The summed E-state index contributed by atoms with van der Waals surface area (Å²) < 4.78 is 18.7. The van der Waals surface area contributed by atoms with Gasteiger partial charge in [-0.05, 0) is 142 Å². The molecule has 15 heteroatoms. The van der Waals surface area contributed by atoms with E-state index in [-0.39, 0.29) is 55.2 Å². The van der Waals surface area contributed by atoms with Gasteiger partial charge in [0.2, 0.25) is 17.7 Å². The van der Waals surface area contributed by atoms with Crippen molar-refractivity contribution in [3.05, 3.63) is 136 Å². The van der Waals surface area contributed by atoms with Crippen LogP contribution in [0.2, 0.25) is 0 Å². The van der Waals surface area contributed by atoms with Gasteiger partial charge in [0.25, 0.3) is 11.8 Å². The Balaban J connectivity index is 0.928. The minimum atomic E-state index is -0.984. The number of para-hydroxylation sites is 2. The Bertz CT molecular complexity index is 2980. The van der Waals surface area contributed by atoms with Crippen LogP contribution in [0.1, 0.15) is 107 Å². The normalized spacial score (nSPS) is 17.0. The molecule has 0 aliphatic carbocycles. The number of hydrogen-bond donors (Lipinski definition) is 3. The summed E-state index contributed by atoms with van der Waals surface area (Å²) in [5.74, 6) is -0.0896. The van der Waals surface area contributed by atoms with Gasteiger partial charge in [-0.1, -0.05) is 36.4 Å². The Morgan fingerprint density at radius 1 is 0.704 bits per heavy atom. The van der Waals surface area contributed by atoms with Crippen LogP contribution in [0.4, 0.5) is 22.7 Å². The van der Waals surface area contributed by atoms with Crippen LogP contribution >= 0.6 is 0 Å². The first-order valence-corrected chi connectivity index (χ1v) is 24.3. The monoisotopic (exact) mass is 958 g/mol. The standard InChI is InChI=1S/C56H58N6O9/c1-32-20-45-46(57-29-43-25-40-14-8-10-16-48(40)62(43)56(45)68)28-49(32)70-30-36-21-37(23-41(22-36)60-54(66)35(4)59-53(65)34(3)58-52(64)17-11-6-12-33(2)63)31-71-51-26-38-18-19-42-24-39-13-7-9-15-47(39)61(42)55(67)44(38)27-50(51)69-5/h7-10,13-16,20-23,26-29,34-35,42-43H,6,11-12,17-19,24-25,30-31H2,1-5H3,(H,58,64)(H,59,65)(H,60,66)/t34-,35-,42+,43-/m0/s1. The van der Waals surface area contributed by atoms with E-state index in [4.69, 9.17) is 19.2 Å². The molecule has 0 radical (unpaired) electrons. The summed E-state index contributed by atoms with van der Waals surface area (Å²) in [6, 6.07) is 26.6. The molecule has 0 spiro atoms. The number of Topliss-reactive ketones (excluding diaryl/α,β-unsaturated/α-hetero) is 1. The number of benzene rings is 5. The first-order chi connectivity index (χ1) is 34.2. The maximum Gasteiger partial charge on any atom is 0.261 e. The van der Waals surface area contributed by atoms with E-state index in [0.29, 0.717) is 83.0 Å². The molecule has 15 nitrogen and oxygen atoms in total. The third kappa shape index (κ3) is 10.4. The van der Waals surface area contributed by atoms with Crippen molar-refractivity contribution in [2.75, 3.05) is 22.2 Å². The molecule has 366 valence electrons. The van der Waals surface area contributed by atoms with Crippen LogP contribution in [-0.2, 0) is 51.7 Å². The Kier molecular flexibility index (Phi) is 14.0. The summed E-state index contributed by atoms with van der Waals surface area (Å²) in [5.41, 5.74) is 9.06. The highest BCUT2D eigenvalue weighted by Gasteiger charge is 2.38. The lowest BCUT2D eigenvalue weighted by atomic mass is 9.99. The highest BCUT2D eigenvalue weighted by Crippen LogP contribution is 2.42. The maximum absolute atomic E-state index is 14.1. The van der Waals surface area contributed by atoms with Crippen molar-refractivity contribution in [3.8, 4) is 17.2 Å². The number of nitrogens with one attached hydrogen (secondary N) is 3. The van der Waals surface area contributed by atoms with Crippen molar-refractivity contribution in [3.63, 3.8) is 0 Å². The van der Waals surface area contributed by atoms with Crippen LogP contribution in [0.15, 0.2) is 96.0 Å². The van der Waals surface area contributed by atoms with Gasteiger partial charge in [-0.25, -0.2) is 0 Å². The third-order valence-corrected chi connectivity index (χ3v) is 13.6. The number of methoxy groups -OCH3 is 1. The molecule has 5 aromatic rings. The molecular formula is C56H58N6O9. The molecule has 9 rings (SSSR count). The van der Waals surface area contributed by atoms with E-state index < -0.39 is 23.9 Å². The van der Waals surface area contributed by atoms with Crippen LogP contribution in [0.25, 0.3) is 0 Å². The van der Waals surface area contributed by atoms with Crippen molar-refractivity contribution in [2.24, 2.45) is 4.99 Å². The zero-order chi connectivity index (χ0) is 49.9. The number of anilines is 3. The molecule has 5 amide bonds. The Morgan fingerprint density at radius 2 is 1.35 bits per heavy atom. The van der Waals surface area contributed by atoms with Crippen molar-refractivity contribution < 1.29 is 43.0 Å². The number of ketones is 1. The van der Waals surface area contributed by atoms with Crippen LogP contribution in [0, 0.1) is 6.92 Å². The van der Waals surface area contributed by atoms with Gasteiger partial charge in [0, 0.05) is 60.2 Å². The van der Waals surface area contributed by atoms with Crippen molar-refractivity contribution >= 4 is 64.3 Å². The van der Waals surface area contributed by atoms with Crippen LogP contribution < -0.4 is 40.0 Å². The number of unbranched alkanes of at least 4 members (excludes halogenated alkanes) is 1. The van der Waals surface area contributed by atoms with Crippen LogP contribution in [-0.4, -0.2) is 72.8 Å². The molecule has 0 bridgehead atoms. The second-order valence-electron chi connectivity index (χ2n) is 18.9. The Labute approximate surface area is 412 Å². The summed E-state index contributed by atoms with van der Waals surface area (Å²) in [7, 11) is 1.54. The number of rotatable bonds is 17. The van der Waals surface area contributed by atoms with Crippen LogP contribution in [0.5, 0.6) is 17.2 Å². The lowest BCUT2D eigenvalue weighted by Crippen LogP contribution is -2.50. The highest BCUT2D eigenvalue weighted by atomic mass is 16.5. The van der Waals surface area contributed by atoms with Crippen molar-refractivity contribution in [1.29, 1.82) is 0 Å². The molecule has 71 heavy (non-hydrogen) atoms. The third-order valence-electron chi connectivity index (χ3n) is 13.6. The van der Waals surface area contributed by atoms with E-state index in [1.54, 1.807) is 38.1 Å². The minimum absolute atomic E-state index is 0.0513. The lowest BCUT2D eigenvalue weighted by Gasteiger charge is -2.23. The highest BCUT2D eigenvalue weighted by molar-refractivity contribution is 6.15. The smallest absolute Gasteiger partial charge is 0.261 e. The number of amides is 5. The first-order valence-electron chi connectivity index (χ1n) is 24.3. The molecule has 5 aromatic carbocycles. The number of aryl methyl sites for hydroxylation is 2. The van der Waals surface area contributed by atoms with Crippen molar-refractivity contribution in [2.45, 2.75) is 116 Å². The lowest BCUT2D eigenvalue weighted by molar-refractivity contribution is -0.130. The summed E-state index contributed by atoms with van der Waals surface area (Å²) in [5, 5.41) is 8.29. The van der Waals surface area contributed by atoms with Crippen LogP contribution in [0.3, 0.4) is 0 Å². The molecular weight excluding hydrogens is 901 g/mol. The molecule has 0 saturated carbocycles. The second-order valence-corrected chi connectivity index (χ2v) is 18.9. The fourth-order valence-corrected chi connectivity index (χ4v) is 9.92. The first kappa shape index (κ1) is 48.2. The Morgan fingerprint density at radius 3 is 2.07 bits per heavy atom. The largest absolute Gasteiger partial charge is 0.493 e. The van der Waals surface area contributed by atoms with E-state index in [1.165, 1.54) is 19.6 Å². The summed E-state index contributed by atoms with van der Waals surface area (Å²) in [4.78, 5) is 87.1. The van der Waals surface area contributed by atoms with Gasteiger partial charge in [0.05, 0.1) is 24.4 Å². The summed E-state index contributed by atoms with van der Waals surface area (Å²) >= 11 is 0. The van der Waals surface area contributed by atoms with Gasteiger partial charge in [0.1, 0.15) is 36.8 Å². The second kappa shape index (κ2) is 20.6. The van der Waals surface area contributed by atoms with Gasteiger partial charge in [-0.15, -0.1) is 0 Å². The van der Waals surface area contributed by atoms with Gasteiger partial charge in [0.15, 0.2) is 11.5 Å². The predicted molar refractivity (Wildman–Crippen MR) is 270 cm³/mol. The van der Waals surface area contributed by atoms with E-state index in [1.807, 2.05) is 83.6 Å². The van der Waals surface area contributed by atoms with Crippen molar-refractivity contribution in [1.82, 2.24) is 10.6 Å². The van der Waals surface area contributed by atoms with Gasteiger partial charge in [-0.3, -0.25) is 33.9 Å². The molecule has 3 N–H and O–H groups in total. The number of fused-ring (bicyclic) bond motifs is 8. The number of hydrogen-bond acceptors (Lipinski definition) is 10. The van der Waals surface area contributed by atoms with E-state index in [9.17, 15) is 28.8 Å². The van der Waals surface area contributed by atoms with Gasteiger partial charge >= 0.3 is 0 Å². The molecule has 4 aliphatic rings. The average molecular weight is 959 g/mol. The fraction of sp³-hybridized carbons (Fsp3) is 0.339. The predicted octanol–water partition coefficient (Wildman–Crippen LogP) is 8.06. The number of ether oxygens (including phenoxy) is 3. The molecule has 4 aliphatic heterocycles. The maximum atomic E-state index is 14.1. The Hall–Kier alpha value is -7.81. The van der Waals surface area contributed by atoms with E-state index in [0.717, 1.165) is 40.9 Å². The quantitative estimate of drug-likeness (QED) is 0.0776. The zero-order valence-corrected chi connectivity index (χ0v) is 40.6. The molecule has 4 heterocycles. The number of aliphatic imine (C=N–C) groups is 1. The fourth-order valence-electron chi connectivity index (χ4n) is 9.92. The molecule has 0 unspecified atom stereocenters. The molecule has 0 saturated heterocycles. The average Bonchev–Trinajstić information content (AvgIpc) is 3.85. The van der Waals surface area contributed by atoms with Gasteiger partial charge in [-0.2, -0.15) is 0 Å². The van der Waals surface area contributed by atoms with Gasteiger partial charge < -0.3 is 39.9 Å². The van der Waals surface area contributed by atoms with E-state index >= 15 is 0 Å². The van der Waals surface area contributed by atoms with E-state index in [2.05, 4.69) is 22.0 Å². The molecule has 0 aromatic heterocycles. The summed E-state index contributed by atoms with van der Waals surface area (Å²) in [6.07, 6.45) is 6.45. The summed E-state index contributed by atoms with van der Waals surface area (Å²) in [6.45, 7) is 6.60. The minimum Gasteiger partial charge on any atom is -0.493 e. The number of nitrogens with zero attached hydrogens (tertiary/aromatic N) is 3. The number of carbonyl (C=O) groups is 6.